The number of hydrogen-bond donors (Lipinski definition) is 0. The zero-order chi connectivity index (χ0) is 21.3. The summed E-state index contributed by atoms with van der Waals surface area (Å²) in [6.07, 6.45) is 1.03. The summed E-state index contributed by atoms with van der Waals surface area (Å²) in [5.41, 5.74) is 3.27. The van der Waals surface area contributed by atoms with Crippen LogP contribution in [0, 0.1) is 6.92 Å². The third kappa shape index (κ3) is 3.49. The number of hydrogen-bond acceptors (Lipinski definition) is 4. The van der Waals surface area contributed by atoms with Gasteiger partial charge in [0.05, 0.1) is 11.7 Å². The summed E-state index contributed by atoms with van der Waals surface area (Å²) in [5, 5.41) is 3.86. The van der Waals surface area contributed by atoms with Gasteiger partial charge >= 0.3 is 0 Å². The molecule has 1 aromatic heterocycles. The van der Waals surface area contributed by atoms with Crippen molar-refractivity contribution < 1.29 is 14.1 Å². The highest BCUT2D eigenvalue weighted by atomic mass is 16.5. The second-order valence-electron chi connectivity index (χ2n) is 7.62. The number of rotatable bonds is 4. The van der Waals surface area contributed by atoms with Crippen molar-refractivity contribution in [2.75, 3.05) is 9.80 Å². The molecule has 2 atom stereocenters. The monoisotopic (exact) mass is 403 g/mol. The molecule has 3 aromatic rings. The fraction of sp³-hybridized carbons (Fsp3) is 0.292. The van der Waals surface area contributed by atoms with Gasteiger partial charge in [-0.15, -0.1) is 0 Å². The Bertz CT molecular complexity index is 1060. The maximum atomic E-state index is 13.2. The van der Waals surface area contributed by atoms with E-state index in [-0.39, 0.29) is 29.7 Å². The van der Waals surface area contributed by atoms with Gasteiger partial charge in [-0.25, -0.2) is 0 Å². The van der Waals surface area contributed by atoms with Crippen LogP contribution < -0.4 is 9.80 Å². The van der Waals surface area contributed by atoms with Crippen molar-refractivity contribution in [3.63, 3.8) is 0 Å². The molecule has 0 saturated heterocycles. The number of carbonyl (C=O) groups is 2. The highest BCUT2D eigenvalue weighted by molar-refractivity contribution is 6.06. The van der Waals surface area contributed by atoms with Crippen molar-refractivity contribution in [1.82, 2.24) is 5.16 Å². The van der Waals surface area contributed by atoms with Crippen LogP contribution in [0.25, 0.3) is 0 Å². The second-order valence-corrected chi connectivity index (χ2v) is 7.62. The second kappa shape index (κ2) is 8.14. The Morgan fingerprint density at radius 2 is 1.83 bits per heavy atom. The Morgan fingerprint density at radius 3 is 2.50 bits per heavy atom. The molecular weight excluding hydrogens is 378 g/mol. The van der Waals surface area contributed by atoms with Crippen molar-refractivity contribution in [3.8, 4) is 0 Å². The van der Waals surface area contributed by atoms with E-state index in [1.807, 2.05) is 73.3 Å². The molecule has 2 heterocycles. The van der Waals surface area contributed by atoms with E-state index in [2.05, 4.69) is 5.16 Å². The summed E-state index contributed by atoms with van der Waals surface area (Å²) in [6, 6.07) is 18.9. The average Bonchev–Trinajstić information content (AvgIpc) is 3.20. The van der Waals surface area contributed by atoms with E-state index >= 15 is 0 Å². The van der Waals surface area contributed by atoms with Gasteiger partial charge in [-0.05, 0) is 44.0 Å². The van der Waals surface area contributed by atoms with Crippen LogP contribution in [-0.2, 0) is 4.79 Å². The summed E-state index contributed by atoms with van der Waals surface area (Å²) < 4.78 is 5.24. The molecule has 154 valence electrons. The topological polar surface area (TPSA) is 66.7 Å². The first-order chi connectivity index (χ1) is 14.5. The quantitative estimate of drug-likeness (QED) is 0.621. The number of amides is 2. The number of aromatic nitrogens is 1. The number of benzene rings is 2. The summed E-state index contributed by atoms with van der Waals surface area (Å²) >= 11 is 0. The molecule has 1 aliphatic heterocycles. The lowest BCUT2D eigenvalue weighted by atomic mass is 9.89. The Morgan fingerprint density at radius 1 is 1.13 bits per heavy atom. The van der Waals surface area contributed by atoms with Gasteiger partial charge in [0.2, 0.25) is 11.7 Å². The van der Waals surface area contributed by atoms with Gasteiger partial charge in [0.15, 0.2) is 0 Å². The molecule has 0 N–H and O–H groups in total. The maximum Gasteiger partial charge on any atom is 0.297 e. The lowest BCUT2D eigenvalue weighted by Crippen LogP contribution is -2.47. The number of aryl methyl sites for hydroxylation is 1. The molecule has 4 rings (SSSR count). The minimum atomic E-state index is -0.220. The number of fused-ring (bicyclic) bond motifs is 1. The normalized spacial score (nSPS) is 18.0. The molecule has 6 heteroatoms. The molecular formula is C24H25N3O3. The van der Waals surface area contributed by atoms with Gasteiger partial charge in [0, 0.05) is 29.9 Å². The van der Waals surface area contributed by atoms with Crippen molar-refractivity contribution in [3.05, 3.63) is 77.7 Å². The Kier molecular flexibility index (Phi) is 5.40. The Balaban J connectivity index is 1.79. The standard InChI is InChI=1S/C24H25N3O3/c1-4-23(28)27(18-10-6-5-7-11-18)21-15-17(3)26(20-13-9-8-12-19(20)21)24(29)22-14-16(2)25-30-22/h5-14,17,21H,4,15H2,1-3H3/t17-,21+/m1/s1. The van der Waals surface area contributed by atoms with Crippen LogP contribution in [0.4, 0.5) is 11.4 Å². The highest BCUT2D eigenvalue weighted by Crippen LogP contribution is 2.42. The third-order valence-electron chi connectivity index (χ3n) is 5.54. The lowest BCUT2D eigenvalue weighted by Gasteiger charge is -2.43. The number of nitrogens with zero attached hydrogens (tertiary/aromatic N) is 3. The van der Waals surface area contributed by atoms with E-state index in [4.69, 9.17) is 4.52 Å². The first-order valence-electron chi connectivity index (χ1n) is 10.2. The number of para-hydroxylation sites is 2. The van der Waals surface area contributed by atoms with E-state index in [0.29, 0.717) is 18.5 Å². The van der Waals surface area contributed by atoms with Crippen LogP contribution in [0.3, 0.4) is 0 Å². The molecule has 0 radical (unpaired) electrons. The maximum absolute atomic E-state index is 13.2. The fourth-order valence-corrected chi connectivity index (χ4v) is 4.18. The molecule has 0 spiro atoms. The molecule has 0 saturated carbocycles. The smallest absolute Gasteiger partial charge is 0.297 e. The van der Waals surface area contributed by atoms with Crippen molar-refractivity contribution in [2.45, 2.75) is 45.7 Å². The first kappa shape index (κ1) is 19.9. The van der Waals surface area contributed by atoms with Crippen molar-refractivity contribution in [1.29, 1.82) is 0 Å². The molecule has 0 unspecified atom stereocenters. The Hall–Kier alpha value is -3.41. The van der Waals surface area contributed by atoms with Gasteiger partial charge in [-0.1, -0.05) is 48.5 Å². The van der Waals surface area contributed by atoms with E-state index in [1.54, 1.807) is 17.9 Å². The first-order valence-corrected chi connectivity index (χ1v) is 10.2. The van der Waals surface area contributed by atoms with Gasteiger partial charge in [0.25, 0.3) is 5.91 Å². The molecule has 0 fully saturated rings. The molecule has 6 nitrogen and oxygen atoms in total. The van der Waals surface area contributed by atoms with E-state index in [0.717, 1.165) is 16.9 Å². The van der Waals surface area contributed by atoms with Crippen LogP contribution in [0.1, 0.15) is 54.5 Å². The van der Waals surface area contributed by atoms with E-state index < -0.39 is 0 Å². The molecule has 1 aliphatic rings. The molecule has 2 aromatic carbocycles. The third-order valence-corrected chi connectivity index (χ3v) is 5.54. The van der Waals surface area contributed by atoms with Crippen LogP contribution in [0.2, 0.25) is 0 Å². The minimum absolute atomic E-state index is 0.0545. The van der Waals surface area contributed by atoms with Gasteiger partial charge in [-0.2, -0.15) is 0 Å². The summed E-state index contributed by atoms with van der Waals surface area (Å²) in [4.78, 5) is 29.9. The van der Waals surface area contributed by atoms with E-state index in [1.165, 1.54) is 0 Å². The van der Waals surface area contributed by atoms with Crippen molar-refractivity contribution >= 4 is 23.2 Å². The van der Waals surface area contributed by atoms with Crippen molar-refractivity contribution in [2.24, 2.45) is 0 Å². The van der Waals surface area contributed by atoms with Gasteiger partial charge < -0.3 is 14.3 Å². The average molecular weight is 403 g/mol. The largest absolute Gasteiger partial charge is 0.351 e. The van der Waals surface area contributed by atoms with Gasteiger partial charge in [0.1, 0.15) is 0 Å². The molecule has 2 amide bonds. The molecule has 30 heavy (non-hydrogen) atoms. The molecule has 0 aliphatic carbocycles. The van der Waals surface area contributed by atoms with Crippen LogP contribution in [0.5, 0.6) is 0 Å². The zero-order valence-corrected chi connectivity index (χ0v) is 17.4. The minimum Gasteiger partial charge on any atom is -0.351 e. The highest BCUT2D eigenvalue weighted by Gasteiger charge is 2.39. The summed E-state index contributed by atoms with van der Waals surface area (Å²) in [5.74, 6) is 0.0538. The SMILES string of the molecule is CCC(=O)N(c1ccccc1)[C@H]1C[C@@H](C)N(C(=O)c2cc(C)no2)c2ccccc21. The predicted molar refractivity (Wildman–Crippen MR) is 116 cm³/mol. The van der Waals surface area contributed by atoms with Crippen LogP contribution >= 0.6 is 0 Å². The molecule has 0 bridgehead atoms. The summed E-state index contributed by atoms with van der Waals surface area (Å²) in [6.45, 7) is 5.67. The van der Waals surface area contributed by atoms with Gasteiger partial charge in [-0.3, -0.25) is 9.59 Å². The number of anilines is 2. The zero-order valence-electron chi connectivity index (χ0n) is 17.4. The predicted octanol–water partition coefficient (Wildman–Crippen LogP) is 4.91. The van der Waals surface area contributed by atoms with Crippen LogP contribution in [-0.4, -0.2) is 23.0 Å². The lowest BCUT2D eigenvalue weighted by molar-refractivity contribution is -0.118. The Labute approximate surface area is 176 Å². The van der Waals surface area contributed by atoms with E-state index in [9.17, 15) is 9.59 Å². The van der Waals surface area contributed by atoms with Crippen LogP contribution in [0.15, 0.2) is 65.2 Å². The number of carbonyl (C=O) groups excluding carboxylic acids is 2. The summed E-state index contributed by atoms with van der Waals surface area (Å²) in [7, 11) is 0. The fourth-order valence-electron chi connectivity index (χ4n) is 4.18.